The van der Waals surface area contributed by atoms with Crippen molar-refractivity contribution in [2.24, 2.45) is 11.1 Å². The molecule has 0 aromatic heterocycles. The minimum absolute atomic E-state index is 0.262. The summed E-state index contributed by atoms with van der Waals surface area (Å²) in [6.07, 6.45) is 1.46. The SMILES string of the molecule is CC(C)(C)OC(=O)[C@]1(C(=O)O)CCC[C@@H]1N. The van der Waals surface area contributed by atoms with Crippen LogP contribution < -0.4 is 5.73 Å². The lowest BCUT2D eigenvalue weighted by Crippen LogP contribution is -2.51. The molecule has 0 spiro atoms. The number of hydrogen-bond donors (Lipinski definition) is 2. The lowest BCUT2D eigenvalue weighted by atomic mass is 9.83. The summed E-state index contributed by atoms with van der Waals surface area (Å²) in [7, 11) is 0. The third-order valence-electron chi connectivity index (χ3n) is 2.86. The summed E-state index contributed by atoms with van der Waals surface area (Å²) in [4.78, 5) is 23.2. The molecule has 1 saturated carbocycles. The first-order valence-electron chi connectivity index (χ1n) is 5.42. The highest BCUT2D eigenvalue weighted by Crippen LogP contribution is 2.39. The van der Waals surface area contributed by atoms with E-state index < -0.39 is 29.0 Å². The number of ether oxygens (including phenoxy) is 1. The van der Waals surface area contributed by atoms with Crippen molar-refractivity contribution in [3.63, 3.8) is 0 Å². The number of carbonyl (C=O) groups is 2. The van der Waals surface area contributed by atoms with Gasteiger partial charge in [-0.1, -0.05) is 6.42 Å². The maximum absolute atomic E-state index is 12.0. The molecule has 5 nitrogen and oxygen atoms in total. The van der Waals surface area contributed by atoms with Gasteiger partial charge in [-0.15, -0.1) is 0 Å². The monoisotopic (exact) mass is 229 g/mol. The van der Waals surface area contributed by atoms with E-state index in [4.69, 9.17) is 10.5 Å². The first kappa shape index (κ1) is 13.0. The third kappa shape index (κ3) is 2.19. The number of hydrogen-bond acceptors (Lipinski definition) is 4. The molecule has 92 valence electrons. The molecule has 0 aromatic carbocycles. The van der Waals surface area contributed by atoms with Gasteiger partial charge in [0.15, 0.2) is 5.41 Å². The first-order chi connectivity index (χ1) is 7.20. The van der Waals surface area contributed by atoms with Gasteiger partial charge in [0.2, 0.25) is 0 Å². The van der Waals surface area contributed by atoms with Crippen molar-refractivity contribution in [3.8, 4) is 0 Å². The minimum Gasteiger partial charge on any atom is -0.480 e. The predicted octanol–water partition coefficient (Wildman–Crippen LogP) is 0.910. The molecule has 0 aliphatic heterocycles. The van der Waals surface area contributed by atoms with Crippen LogP contribution in [0.25, 0.3) is 0 Å². The fraction of sp³-hybridized carbons (Fsp3) is 0.818. The van der Waals surface area contributed by atoms with E-state index in [1.165, 1.54) is 0 Å². The predicted molar refractivity (Wildman–Crippen MR) is 57.7 cm³/mol. The van der Waals surface area contributed by atoms with Gasteiger partial charge in [0.25, 0.3) is 0 Å². The van der Waals surface area contributed by atoms with Crippen LogP contribution in [0.3, 0.4) is 0 Å². The van der Waals surface area contributed by atoms with Crippen LogP contribution in [0, 0.1) is 5.41 Å². The number of esters is 1. The highest BCUT2D eigenvalue weighted by atomic mass is 16.6. The van der Waals surface area contributed by atoms with Gasteiger partial charge < -0.3 is 15.6 Å². The number of rotatable bonds is 2. The molecule has 3 N–H and O–H groups in total. The van der Waals surface area contributed by atoms with Gasteiger partial charge in [0, 0.05) is 6.04 Å². The molecule has 16 heavy (non-hydrogen) atoms. The molecule has 1 aliphatic carbocycles. The van der Waals surface area contributed by atoms with Crippen LogP contribution in [0.1, 0.15) is 40.0 Å². The van der Waals surface area contributed by atoms with E-state index in [9.17, 15) is 14.7 Å². The zero-order valence-electron chi connectivity index (χ0n) is 9.95. The Morgan fingerprint density at radius 1 is 1.44 bits per heavy atom. The Labute approximate surface area is 95.0 Å². The normalized spacial score (nSPS) is 30.1. The minimum atomic E-state index is -1.55. The van der Waals surface area contributed by atoms with E-state index in [2.05, 4.69) is 0 Å². The topological polar surface area (TPSA) is 89.6 Å². The summed E-state index contributed by atoms with van der Waals surface area (Å²) in [6.45, 7) is 5.13. The standard InChI is InChI=1S/C11H19NO4/c1-10(2,3)16-9(15)11(8(13)14)6-4-5-7(11)12/h7H,4-6,12H2,1-3H3,(H,13,14)/t7-,11+/m0/s1. The van der Waals surface area contributed by atoms with Crippen molar-refractivity contribution < 1.29 is 19.4 Å². The van der Waals surface area contributed by atoms with Crippen LogP contribution in [0.2, 0.25) is 0 Å². The van der Waals surface area contributed by atoms with Crippen LogP contribution in [0.4, 0.5) is 0 Å². The summed E-state index contributed by atoms with van der Waals surface area (Å²) in [5, 5.41) is 9.22. The van der Waals surface area contributed by atoms with Gasteiger partial charge in [-0.05, 0) is 33.6 Å². The number of nitrogens with two attached hydrogens (primary N) is 1. The molecule has 0 saturated heterocycles. The molecule has 0 unspecified atom stereocenters. The number of carboxylic acids is 1. The van der Waals surface area contributed by atoms with Crippen molar-refractivity contribution >= 4 is 11.9 Å². The molecular formula is C11H19NO4. The molecular weight excluding hydrogens is 210 g/mol. The van der Waals surface area contributed by atoms with Crippen LogP contribution in [-0.4, -0.2) is 28.7 Å². The Kier molecular flexibility index (Phi) is 3.28. The summed E-state index contributed by atoms with van der Waals surface area (Å²) >= 11 is 0. The van der Waals surface area contributed by atoms with Crippen LogP contribution >= 0.6 is 0 Å². The summed E-state index contributed by atoms with van der Waals surface area (Å²) < 4.78 is 5.16. The second-order valence-corrected chi connectivity index (χ2v) is 5.28. The van der Waals surface area contributed by atoms with E-state index in [1.54, 1.807) is 20.8 Å². The molecule has 0 amide bonds. The summed E-state index contributed by atoms with van der Waals surface area (Å²) in [5.41, 5.74) is 3.51. The van der Waals surface area contributed by atoms with Gasteiger partial charge >= 0.3 is 11.9 Å². The van der Waals surface area contributed by atoms with Gasteiger partial charge in [-0.25, -0.2) is 0 Å². The lowest BCUT2D eigenvalue weighted by Gasteiger charge is -2.30. The average molecular weight is 229 g/mol. The van der Waals surface area contributed by atoms with Crippen molar-refractivity contribution in [2.45, 2.75) is 51.7 Å². The Morgan fingerprint density at radius 2 is 2.00 bits per heavy atom. The molecule has 1 fully saturated rings. The van der Waals surface area contributed by atoms with E-state index in [0.717, 1.165) is 0 Å². The van der Waals surface area contributed by atoms with Crippen LogP contribution in [0.15, 0.2) is 0 Å². The fourth-order valence-electron chi connectivity index (χ4n) is 2.01. The van der Waals surface area contributed by atoms with E-state index in [-0.39, 0.29) is 6.42 Å². The number of carbonyl (C=O) groups excluding carboxylic acids is 1. The molecule has 0 aromatic rings. The van der Waals surface area contributed by atoms with Crippen molar-refractivity contribution in [2.75, 3.05) is 0 Å². The zero-order valence-corrected chi connectivity index (χ0v) is 9.95. The summed E-state index contributed by atoms with van der Waals surface area (Å²) in [5.74, 6) is -1.88. The molecule has 2 atom stereocenters. The quantitative estimate of drug-likeness (QED) is 0.542. The Balaban J connectivity index is 2.95. The van der Waals surface area contributed by atoms with Gasteiger partial charge in [0.1, 0.15) is 5.60 Å². The zero-order chi connectivity index (χ0) is 12.6. The van der Waals surface area contributed by atoms with Crippen molar-refractivity contribution in [3.05, 3.63) is 0 Å². The molecule has 0 bridgehead atoms. The number of aliphatic carboxylic acids is 1. The Bertz CT molecular complexity index is 308. The van der Waals surface area contributed by atoms with Gasteiger partial charge in [0.05, 0.1) is 0 Å². The van der Waals surface area contributed by atoms with Crippen molar-refractivity contribution in [1.29, 1.82) is 0 Å². The smallest absolute Gasteiger partial charge is 0.325 e. The largest absolute Gasteiger partial charge is 0.480 e. The molecule has 1 rings (SSSR count). The molecule has 0 heterocycles. The highest BCUT2D eigenvalue weighted by molar-refractivity contribution is 6.00. The highest BCUT2D eigenvalue weighted by Gasteiger charge is 2.56. The molecule has 0 radical (unpaired) electrons. The number of carboxylic acid groups (broad SMARTS) is 1. The Morgan fingerprint density at radius 3 is 2.31 bits per heavy atom. The maximum atomic E-state index is 12.0. The molecule has 1 aliphatic rings. The fourth-order valence-corrected chi connectivity index (χ4v) is 2.01. The van der Waals surface area contributed by atoms with E-state index in [0.29, 0.717) is 12.8 Å². The van der Waals surface area contributed by atoms with Crippen LogP contribution in [0.5, 0.6) is 0 Å². The van der Waals surface area contributed by atoms with E-state index >= 15 is 0 Å². The molecule has 5 heteroatoms. The third-order valence-corrected chi connectivity index (χ3v) is 2.86. The lowest BCUT2D eigenvalue weighted by molar-refractivity contribution is -0.177. The van der Waals surface area contributed by atoms with Gasteiger partial charge in [-0.2, -0.15) is 0 Å². The van der Waals surface area contributed by atoms with Gasteiger partial charge in [-0.3, -0.25) is 9.59 Å². The second-order valence-electron chi connectivity index (χ2n) is 5.28. The van der Waals surface area contributed by atoms with Crippen LogP contribution in [-0.2, 0) is 14.3 Å². The first-order valence-corrected chi connectivity index (χ1v) is 5.42. The maximum Gasteiger partial charge on any atom is 0.325 e. The average Bonchev–Trinajstić information content (AvgIpc) is 2.44. The van der Waals surface area contributed by atoms with E-state index in [1.807, 2.05) is 0 Å². The second kappa shape index (κ2) is 4.05. The van der Waals surface area contributed by atoms with Crippen molar-refractivity contribution in [1.82, 2.24) is 0 Å². The Hall–Kier alpha value is -1.10. The summed E-state index contributed by atoms with van der Waals surface area (Å²) in [6, 6.07) is -0.653.